The molecule has 302 valence electrons. The van der Waals surface area contributed by atoms with Crippen LogP contribution >= 0.6 is 34.8 Å². The highest BCUT2D eigenvalue weighted by atomic mass is 35.5. The molecule has 4 saturated heterocycles. The lowest BCUT2D eigenvalue weighted by atomic mass is 10.1. The number of urea groups is 2. The minimum atomic E-state index is -0.294. The molecule has 5 fully saturated rings. The SMILES string of the molecule is C=CC(=O)N1CC(N2CCN(C(=O)NNc3cc(C4CC4)c(Cl)cc3O)CC2)C1.C=CC(=O)N1CC(N2CCN(C(=O)NNc3cc(Cl)c(Cl)cc3O)CC2)C1. The van der Waals surface area contributed by atoms with Gasteiger partial charge in [0.05, 0.1) is 21.4 Å². The maximum atomic E-state index is 12.5. The average molecular weight is 834 g/mol. The number of aromatic hydroxyl groups is 2. The van der Waals surface area contributed by atoms with Crippen LogP contribution < -0.4 is 21.7 Å². The third kappa shape index (κ3) is 9.84. The Labute approximate surface area is 340 Å². The standard InChI is InChI=1S/C20H26ClN5O3.C17H21Cl2N5O3/c1-2-19(28)26-11-14(12-26)24-5-7-25(8-6-24)20(29)23-22-17-9-15(13-3-4-13)16(21)10-18(17)27;1-2-16(26)24-9-11(10-24)22-3-5-23(6-4-22)17(27)21-20-14-7-12(18)13(19)8-15(14)25/h2,9-10,13-14,22,27H,1,3-8,11-12H2,(H,23,29);2,7-8,11,20,25H,1,3-6,9-10H2,(H,21,27). The molecule has 0 spiro atoms. The summed E-state index contributed by atoms with van der Waals surface area (Å²) in [4.78, 5) is 59.4. The summed E-state index contributed by atoms with van der Waals surface area (Å²) in [7, 11) is 0. The van der Waals surface area contributed by atoms with Crippen LogP contribution in [0.15, 0.2) is 49.6 Å². The van der Waals surface area contributed by atoms with Gasteiger partial charge in [0, 0.05) is 108 Å². The van der Waals surface area contributed by atoms with Gasteiger partial charge in [0.25, 0.3) is 0 Å². The Kier molecular flexibility index (Phi) is 13.3. The van der Waals surface area contributed by atoms with Crippen molar-refractivity contribution in [1.29, 1.82) is 0 Å². The predicted octanol–water partition coefficient (Wildman–Crippen LogP) is 3.72. The van der Waals surface area contributed by atoms with Gasteiger partial charge in [-0.25, -0.2) is 9.59 Å². The summed E-state index contributed by atoms with van der Waals surface area (Å²) >= 11 is 17.9. The first-order chi connectivity index (χ1) is 26.8. The molecule has 2 aromatic carbocycles. The number of halogens is 3. The summed E-state index contributed by atoms with van der Waals surface area (Å²) in [6.45, 7) is 15.2. The Morgan fingerprint density at radius 1 is 0.589 bits per heavy atom. The van der Waals surface area contributed by atoms with E-state index in [-0.39, 0.29) is 51.1 Å². The number of likely N-dealkylation sites (tertiary alicyclic amines) is 2. The van der Waals surface area contributed by atoms with E-state index in [9.17, 15) is 29.4 Å². The first-order valence-corrected chi connectivity index (χ1v) is 19.6. The molecular formula is C37H47Cl3N10O6. The summed E-state index contributed by atoms with van der Waals surface area (Å²) < 4.78 is 0. The second kappa shape index (κ2) is 18.1. The fourth-order valence-electron chi connectivity index (χ4n) is 6.99. The number of hydrogen-bond acceptors (Lipinski definition) is 10. The number of benzene rings is 2. The van der Waals surface area contributed by atoms with E-state index in [4.69, 9.17) is 34.8 Å². The average Bonchev–Trinajstić information content (AvgIpc) is 4.00. The van der Waals surface area contributed by atoms with Crippen LogP contribution in [0.2, 0.25) is 15.1 Å². The lowest BCUT2D eigenvalue weighted by Gasteiger charge is -2.47. The van der Waals surface area contributed by atoms with Crippen LogP contribution in [0.1, 0.15) is 24.3 Å². The van der Waals surface area contributed by atoms with Gasteiger partial charge in [0.2, 0.25) is 11.8 Å². The fraction of sp³-hybridized carbons (Fsp3) is 0.459. The van der Waals surface area contributed by atoms with Gasteiger partial charge in [-0.2, -0.15) is 0 Å². The van der Waals surface area contributed by atoms with Crippen molar-refractivity contribution in [2.24, 2.45) is 0 Å². The number of hydrogen-bond donors (Lipinski definition) is 6. The number of carbonyl (C=O) groups is 4. The van der Waals surface area contributed by atoms with Crippen molar-refractivity contribution in [3.05, 3.63) is 70.2 Å². The molecule has 0 radical (unpaired) electrons. The maximum Gasteiger partial charge on any atom is 0.336 e. The van der Waals surface area contributed by atoms with Gasteiger partial charge < -0.3 is 29.8 Å². The molecule has 1 aliphatic carbocycles. The number of nitrogens with one attached hydrogen (secondary N) is 4. The molecule has 56 heavy (non-hydrogen) atoms. The van der Waals surface area contributed by atoms with Crippen LogP contribution in [-0.4, -0.2) is 154 Å². The summed E-state index contributed by atoms with van der Waals surface area (Å²) in [5.74, 6) is 0.268. The van der Waals surface area contributed by atoms with E-state index in [2.05, 4.69) is 44.7 Å². The monoisotopic (exact) mass is 832 g/mol. The highest BCUT2D eigenvalue weighted by molar-refractivity contribution is 6.42. The predicted molar refractivity (Wildman–Crippen MR) is 215 cm³/mol. The molecule has 0 aromatic heterocycles. The first-order valence-electron chi connectivity index (χ1n) is 18.5. The molecule has 6 N–H and O–H groups in total. The number of hydrazine groups is 2. The summed E-state index contributed by atoms with van der Waals surface area (Å²) in [6.07, 6.45) is 4.87. The van der Waals surface area contributed by atoms with Crippen molar-refractivity contribution >= 4 is 70.1 Å². The van der Waals surface area contributed by atoms with Crippen molar-refractivity contribution < 1.29 is 29.4 Å². The largest absolute Gasteiger partial charge is 0.506 e. The Hall–Kier alpha value is -4.61. The van der Waals surface area contributed by atoms with E-state index in [0.29, 0.717) is 68.0 Å². The highest BCUT2D eigenvalue weighted by Crippen LogP contribution is 2.46. The number of phenols is 2. The second-order valence-corrected chi connectivity index (χ2v) is 15.5. The minimum absolute atomic E-state index is 0.00753. The zero-order valence-corrected chi connectivity index (χ0v) is 33.1. The highest BCUT2D eigenvalue weighted by Gasteiger charge is 2.37. The number of phenolic OH excluding ortho intramolecular Hbond substituents is 2. The van der Waals surface area contributed by atoms with Gasteiger partial charge in [-0.1, -0.05) is 48.0 Å². The Morgan fingerprint density at radius 2 is 0.982 bits per heavy atom. The summed E-state index contributed by atoms with van der Waals surface area (Å²) in [5.41, 5.74) is 12.4. The van der Waals surface area contributed by atoms with Crippen LogP contribution in [0.25, 0.3) is 0 Å². The number of amides is 6. The zero-order chi connectivity index (χ0) is 40.1. The number of carbonyl (C=O) groups excluding carboxylic acids is 4. The lowest BCUT2D eigenvalue weighted by molar-refractivity contribution is -0.134. The van der Waals surface area contributed by atoms with Gasteiger partial charge >= 0.3 is 12.1 Å². The van der Waals surface area contributed by atoms with Crippen molar-refractivity contribution in [2.45, 2.75) is 30.8 Å². The minimum Gasteiger partial charge on any atom is -0.506 e. The zero-order valence-electron chi connectivity index (χ0n) is 30.9. The van der Waals surface area contributed by atoms with Crippen molar-refractivity contribution in [1.82, 2.24) is 40.3 Å². The molecule has 6 amide bonds. The van der Waals surface area contributed by atoms with Crippen LogP contribution in [0, 0.1) is 0 Å². The van der Waals surface area contributed by atoms with Crippen molar-refractivity contribution in [3.63, 3.8) is 0 Å². The molecule has 0 bridgehead atoms. The quantitative estimate of drug-likeness (QED) is 0.124. The van der Waals surface area contributed by atoms with E-state index >= 15 is 0 Å². The first kappa shape index (κ1) is 41.0. The Balaban J connectivity index is 0.000000190. The lowest BCUT2D eigenvalue weighted by Crippen LogP contribution is -2.64. The molecular weight excluding hydrogens is 787 g/mol. The van der Waals surface area contributed by atoms with E-state index in [1.807, 2.05) is 0 Å². The molecule has 0 atom stereocenters. The van der Waals surface area contributed by atoms with Crippen LogP contribution in [0.4, 0.5) is 21.0 Å². The van der Waals surface area contributed by atoms with Gasteiger partial charge in [-0.15, -0.1) is 0 Å². The summed E-state index contributed by atoms with van der Waals surface area (Å²) in [6, 6.07) is 6.23. The topological polar surface area (TPSA) is 176 Å². The number of nitrogens with zero attached hydrogens (tertiary/aromatic N) is 6. The molecule has 1 saturated carbocycles. The smallest absolute Gasteiger partial charge is 0.336 e. The van der Waals surface area contributed by atoms with Crippen molar-refractivity contribution in [3.8, 4) is 11.5 Å². The van der Waals surface area contributed by atoms with Gasteiger partial charge in [0.1, 0.15) is 11.5 Å². The van der Waals surface area contributed by atoms with E-state index < -0.39 is 0 Å². The van der Waals surface area contributed by atoms with Crippen LogP contribution in [-0.2, 0) is 9.59 Å². The molecule has 16 nitrogen and oxygen atoms in total. The third-order valence-corrected chi connectivity index (χ3v) is 11.8. The molecule has 0 unspecified atom stereocenters. The van der Waals surface area contributed by atoms with Crippen LogP contribution in [0.3, 0.4) is 0 Å². The molecule has 7 rings (SSSR count). The number of anilines is 2. The van der Waals surface area contributed by atoms with Gasteiger partial charge in [0.15, 0.2) is 0 Å². The molecule has 19 heteroatoms. The third-order valence-electron chi connectivity index (χ3n) is 10.7. The summed E-state index contributed by atoms with van der Waals surface area (Å²) in [5, 5.41) is 21.0. The Morgan fingerprint density at radius 3 is 1.39 bits per heavy atom. The van der Waals surface area contributed by atoms with E-state index in [0.717, 1.165) is 57.7 Å². The molecule has 5 aliphatic rings. The second-order valence-electron chi connectivity index (χ2n) is 14.3. The van der Waals surface area contributed by atoms with Gasteiger partial charge in [-0.05, 0) is 48.6 Å². The molecule has 2 aromatic rings. The normalized spacial score (nSPS) is 19.1. The van der Waals surface area contributed by atoms with Crippen LogP contribution in [0.5, 0.6) is 11.5 Å². The molecule has 4 heterocycles. The fourth-order valence-corrected chi connectivity index (χ4v) is 7.63. The molecule has 4 aliphatic heterocycles. The van der Waals surface area contributed by atoms with E-state index in [1.165, 1.54) is 30.4 Å². The van der Waals surface area contributed by atoms with Crippen molar-refractivity contribution in [2.75, 3.05) is 89.4 Å². The Bertz CT molecular complexity index is 1820. The number of piperazine rings is 2. The number of rotatable bonds is 9. The van der Waals surface area contributed by atoms with E-state index in [1.54, 1.807) is 25.7 Å². The van der Waals surface area contributed by atoms with Gasteiger partial charge in [-0.3, -0.25) is 41.1 Å². The maximum absolute atomic E-state index is 12.5.